The molecule has 0 N–H and O–H groups in total. The molecule has 0 aliphatic carbocycles. The Morgan fingerprint density at radius 3 is 2.73 bits per heavy atom. The second-order valence-corrected chi connectivity index (χ2v) is 5.14. The predicted molar refractivity (Wildman–Crippen MR) is 60.9 cm³/mol. The van der Waals surface area contributed by atoms with Crippen molar-refractivity contribution in [1.82, 2.24) is 4.90 Å². The molecule has 3 heteroatoms. The van der Waals surface area contributed by atoms with E-state index in [1.807, 2.05) is 0 Å². The lowest BCUT2D eigenvalue weighted by Gasteiger charge is -2.42. The van der Waals surface area contributed by atoms with Crippen LogP contribution in [0.1, 0.15) is 40.0 Å². The summed E-state index contributed by atoms with van der Waals surface area (Å²) in [6.07, 6.45) is 2.81. The first-order chi connectivity index (χ1) is 7.05. The average Bonchev–Trinajstić information content (AvgIpc) is 2.18. The van der Waals surface area contributed by atoms with Crippen LogP contribution in [0.4, 0.5) is 4.39 Å². The van der Waals surface area contributed by atoms with Crippen LogP contribution in [0.5, 0.6) is 0 Å². The Labute approximate surface area is 92.8 Å². The summed E-state index contributed by atoms with van der Waals surface area (Å²) in [5.41, 5.74) is -0.0212. The van der Waals surface area contributed by atoms with Gasteiger partial charge in [-0.3, -0.25) is 9.29 Å². The highest BCUT2D eigenvalue weighted by Gasteiger charge is 2.30. The molecule has 1 aliphatic rings. The third kappa shape index (κ3) is 4.47. The standard InChI is InChI=1S/C12H24FNO/c1-11-9-15-12(2,3)10-14(11)8-6-4-5-7-13/h11H,4-10H2,1-3H3/t11-/m0/s1. The molecule has 0 aromatic carbocycles. The lowest BCUT2D eigenvalue weighted by atomic mass is 10.0. The minimum atomic E-state index is -0.176. The van der Waals surface area contributed by atoms with Gasteiger partial charge in [-0.1, -0.05) is 0 Å². The zero-order valence-corrected chi connectivity index (χ0v) is 10.3. The molecule has 1 fully saturated rings. The fraction of sp³-hybridized carbons (Fsp3) is 1.00. The summed E-state index contributed by atoms with van der Waals surface area (Å²) in [5, 5.41) is 0. The normalized spacial score (nSPS) is 26.8. The zero-order valence-electron chi connectivity index (χ0n) is 10.3. The molecule has 0 amide bonds. The Kier molecular flexibility index (Phi) is 5.00. The molecule has 1 saturated heterocycles. The first-order valence-corrected chi connectivity index (χ1v) is 5.99. The van der Waals surface area contributed by atoms with Gasteiger partial charge >= 0.3 is 0 Å². The number of halogens is 1. The molecule has 90 valence electrons. The van der Waals surface area contributed by atoms with Gasteiger partial charge in [0.1, 0.15) is 0 Å². The van der Waals surface area contributed by atoms with Crippen molar-refractivity contribution < 1.29 is 9.13 Å². The largest absolute Gasteiger partial charge is 0.373 e. The minimum absolute atomic E-state index is 0.0212. The molecular formula is C12H24FNO. The molecular weight excluding hydrogens is 193 g/mol. The average molecular weight is 217 g/mol. The van der Waals surface area contributed by atoms with Gasteiger partial charge in [-0.05, 0) is 46.6 Å². The zero-order chi connectivity index (χ0) is 11.3. The molecule has 2 nitrogen and oxygen atoms in total. The summed E-state index contributed by atoms with van der Waals surface area (Å²) < 4.78 is 17.7. The van der Waals surface area contributed by atoms with E-state index in [-0.39, 0.29) is 12.3 Å². The van der Waals surface area contributed by atoms with Gasteiger partial charge in [0, 0.05) is 12.6 Å². The highest BCUT2D eigenvalue weighted by atomic mass is 19.1. The number of ether oxygens (including phenoxy) is 1. The van der Waals surface area contributed by atoms with Crippen molar-refractivity contribution in [2.24, 2.45) is 0 Å². The van der Waals surface area contributed by atoms with Crippen molar-refractivity contribution in [2.45, 2.75) is 51.7 Å². The quantitative estimate of drug-likeness (QED) is 0.656. The van der Waals surface area contributed by atoms with Gasteiger partial charge in [-0.2, -0.15) is 0 Å². The SMILES string of the molecule is C[C@H]1COC(C)(C)CN1CCCCCF. The molecule has 0 radical (unpaired) electrons. The van der Waals surface area contributed by atoms with Gasteiger partial charge in [0.05, 0.1) is 18.9 Å². The fourth-order valence-electron chi connectivity index (χ4n) is 2.03. The van der Waals surface area contributed by atoms with Gasteiger partial charge in [-0.15, -0.1) is 0 Å². The monoisotopic (exact) mass is 217 g/mol. The molecule has 0 unspecified atom stereocenters. The van der Waals surface area contributed by atoms with Crippen molar-refractivity contribution in [1.29, 1.82) is 0 Å². The van der Waals surface area contributed by atoms with Gasteiger partial charge in [0.2, 0.25) is 0 Å². The van der Waals surface area contributed by atoms with E-state index in [2.05, 4.69) is 25.7 Å². The third-order valence-electron chi connectivity index (χ3n) is 3.00. The molecule has 1 heterocycles. The van der Waals surface area contributed by atoms with Crippen molar-refractivity contribution >= 4 is 0 Å². The van der Waals surface area contributed by atoms with Crippen molar-refractivity contribution in [3.8, 4) is 0 Å². The lowest BCUT2D eigenvalue weighted by Crippen LogP contribution is -2.53. The molecule has 0 saturated carbocycles. The van der Waals surface area contributed by atoms with Crippen LogP contribution in [0, 0.1) is 0 Å². The fourth-order valence-corrected chi connectivity index (χ4v) is 2.03. The maximum absolute atomic E-state index is 11.9. The van der Waals surface area contributed by atoms with Gasteiger partial charge < -0.3 is 4.74 Å². The Morgan fingerprint density at radius 2 is 2.07 bits per heavy atom. The van der Waals surface area contributed by atoms with Crippen LogP contribution in [0.2, 0.25) is 0 Å². The molecule has 1 aliphatic heterocycles. The van der Waals surface area contributed by atoms with Crippen LogP contribution in [0.15, 0.2) is 0 Å². The van der Waals surface area contributed by atoms with Crippen LogP contribution in [-0.4, -0.2) is 42.9 Å². The van der Waals surface area contributed by atoms with Crippen LogP contribution in [0.3, 0.4) is 0 Å². The van der Waals surface area contributed by atoms with Crippen molar-refractivity contribution in [3.05, 3.63) is 0 Å². The smallest absolute Gasteiger partial charge is 0.0894 e. The lowest BCUT2D eigenvalue weighted by molar-refractivity contribution is -0.110. The Hall–Kier alpha value is -0.150. The number of unbranched alkanes of at least 4 members (excludes halogenated alkanes) is 2. The highest BCUT2D eigenvalue weighted by Crippen LogP contribution is 2.20. The number of alkyl halides is 1. The summed E-state index contributed by atoms with van der Waals surface area (Å²) >= 11 is 0. The number of rotatable bonds is 5. The van der Waals surface area contributed by atoms with Crippen LogP contribution < -0.4 is 0 Å². The Bertz CT molecular complexity index is 184. The summed E-state index contributed by atoms with van der Waals surface area (Å²) in [4.78, 5) is 2.46. The Morgan fingerprint density at radius 1 is 1.33 bits per heavy atom. The van der Waals surface area contributed by atoms with Gasteiger partial charge in [0.15, 0.2) is 0 Å². The molecule has 0 aromatic heterocycles. The Balaban J connectivity index is 2.25. The maximum atomic E-state index is 11.9. The summed E-state index contributed by atoms with van der Waals surface area (Å²) in [6.45, 7) is 9.17. The van der Waals surface area contributed by atoms with E-state index >= 15 is 0 Å². The minimum Gasteiger partial charge on any atom is -0.373 e. The van der Waals surface area contributed by atoms with E-state index in [0.29, 0.717) is 12.5 Å². The molecule has 1 rings (SSSR count). The molecule has 0 spiro atoms. The van der Waals surface area contributed by atoms with Crippen molar-refractivity contribution in [3.63, 3.8) is 0 Å². The predicted octanol–water partition coefficient (Wildman–Crippen LogP) is 2.63. The molecule has 0 bridgehead atoms. The number of morpholine rings is 1. The number of hydrogen-bond donors (Lipinski definition) is 0. The second kappa shape index (κ2) is 5.80. The molecule has 0 aromatic rings. The van der Waals surface area contributed by atoms with Crippen molar-refractivity contribution in [2.75, 3.05) is 26.4 Å². The number of nitrogens with zero attached hydrogens (tertiary/aromatic N) is 1. The third-order valence-corrected chi connectivity index (χ3v) is 3.00. The molecule has 1 atom stereocenters. The van der Waals surface area contributed by atoms with Crippen LogP contribution in [-0.2, 0) is 4.74 Å². The first-order valence-electron chi connectivity index (χ1n) is 5.99. The second-order valence-electron chi connectivity index (χ2n) is 5.14. The molecule has 15 heavy (non-hydrogen) atoms. The van der Waals surface area contributed by atoms with E-state index in [1.165, 1.54) is 0 Å². The number of hydrogen-bond acceptors (Lipinski definition) is 2. The van der Waals surface area contributed by atoms with Gasteiger partial charge in [0.25, 0.3) is 0 Å². The summed E-state index contributed by atoms with van der Waals surface area (Å²) in [6, 6.07) is 0.503. The summed E-state index contributed by atoms with van der Waals surface area (Å²) in [5.74, 6) is 0. The first kappa shape index (κ1) is 12.9. The van der Waals surface area contributed by atoms with Crippen LogP contribution in [0.25, 0.3) is 0 Å². The van der Waals surface area contributed by atoms with E-state index in [0.717, 1.165) is 32.5 Å². The van der Waals surface area contributed by atoms with E-state index in [4.69, 9.17) is 4.74 Å². The van der Waals surface area contributed by atoms with E-state index < -0.39 is 0 Å². The van der Waals surface area contributed by atoms with Gasteiger partial charge in [-0.25, -0.2) is 0 Å². The summed E-state index contributed by atoms with van der Waals surface area (Å²) in [7, 11) is 0. The van der Waals surface area contributed by atoms with E-state index in [1.54, 1.807) is 0 Å². The van der Waals surface area contributed by atoms with E-state index in [9.17, 15) is 4.39 Å². The highest BCUT2D eigenvalue weighted by molar-refractivity contribution is 4.83. The van der Waals surface area contributed by atoms with Crippen LogP contribution >= 0.6 is 0 Å². The maximum Gasteiger partial charge on any atom is 0.0894 e. The topological polar surface area (TPSA) is 12.5 Å².